The average Bonchev–Trinajstić information content (AvgIpc) is 2.89. The second-order valence-electron chi connectivity index (χ2n) is 7.73. The van der Waals surface area contributed by atoms with Gasteiger partial charge < -0.3 is 29.8 Å². The van der Waals surface area contributed by atoms with E-state index in [4.69, 9.17) is 4.74 Å². The van der Waals surface area contributed by atoms with E-state index in [0.29, 0.717) is 28.6 Å². The lowest BCUT2D eigenvalue weighted by atomic mass is 9.99. The molecule has 3 aromatic rings. The zero-order valence-electron chi connectivity index (χ0n) is 17.2. The molecule has 0 radical (unpaired) electrons. The number of ether oxygens (including phenoxy) is 1. The fourth-order valence-corrected chi connectivity index (χ4v) is 3.89. The molecule has 0 fully saturated rings. The van der Waals surface area contributed by atoms with Gasteiger partial charge in [-0.15, -0.1) is 0 Å². The molecule has 3 heterocycles. The van der Waals surface area contributed by atoms with Crippen molar-refractivity contribution in [1.29, 1.82) is 0 Å². The lowest BCUT2D eigenvalue weighted by Gasteiger charge is -2.12. The molecule has 0 bridgehead atoms. The van der Waals surface area contributed by atoms with Crippen molar-refractivity contribution in [3.63, 3.8) is 0 Å². The normalized spacial score (nSPS) is 14.0. The number of H-pyrrole nitrogens is 1. The molecule has 1 atom stereocenters. The molecule has 0 saturated heterocycles. The molecule has 0 saturated carbocycles. The van der Waals surface area contributed by atoms with E-state index < -0.39 is 22.8 Å². The van der Waals surface area contributed by atoms with Gasteiger partial charge in [0, 0.05) is 54.3 Å². The number of nitrogens with one attached hydrogen (secondary N) is 2. The molecule has 0 spiro atoms. The van der Waals surface area contributed by atoms with E-state index in [0.717, 1.165) is 29.6 Å². The minimum atomic E-state index is -1.46. The van der Waals surface area contributed by atoms with Gasteiger partial charge in [-0.25, -0.2) is 4.79 Å². The molecule has 8 nitrogen and oxygen atoms in total. The van der Waals surface area contributed by atoms with Crippen molar-refractivity contribution < 1.29 is 19.7 Å². The predicted molar refractivity (Wildman–Crippen MR) is 113 cm³/mol. The van der Waals surface area contributed by atoms with Gasteiger partial charge >= 0.3 is 5.97 Å². The highest BCUT2D eigenvalue weighted by molar-refractivity contribution is 5.94. The van der Waals surface area contributed by atoms with Gasteiger partial charge in [0.05, 0.1) is 17.8 Å². The number of rotatable bonds is 5. The van der Waals surface area contributed by atoms with Crippen LogP contribution in [0.25, 0.3) is 22.2 Å². The van der Waals surface area contributed by atoms with Crippen LogP contribution in [0.4, 0.5) is 0 Å². The fraction of sp³-hybridized carbons (Fsp3) is 0.364. The Kier molecular flexibility index (Phi) is 5.03. The number of aryl methyl sites for hydroxylation is 1. The first-order valence-corrected chi connectivity index (χ1v) is 10.0. The summed E-state index contributed by atoms with van der Waals surface area (Å²) in [6.45, 7) is 5.26. The topological polar surface area (TPSA) is 117 Å². The smallest absolute Gasteiger partial charge is 0.345 e. The summed E-state index contributed by atoms with van der Waals surface area (Å²) in [5, 5.41) is 24.2. The maximum atomic E-state index is 12.3. The predicted octanol–water partition coefficient (Wildman–Crippen LogP) is 2.76. The second kappa shape index (κ2) is 7.53. The van der Waals surface area contributed by atoms with Crippen LogP contribution in [0.3, 0.4) is 0 Å². The summed E-state index contributed by atoms with van der Waals surface area (Å²) in [6, 6.07) is 6.33. The van der Waals surface area contributed by atoms with Gasteiger partial charge in [-0.2, -0.15) is 0 Å². The van der Waals surface area contributed by atoms with Crippen molar-refractivity contribution in [1.82, 2.24) is 14.9 Å². The number of carboxylic acids is 1. The van der Waals surface area contributed by atoms with E-state index in [2.05, 4.69) is 34.8 Å². The van der Waals surface area contributed by atoms with E-state index in [-0.39, 0.29) is 13.0 Å². The van der Waals surface area contributed by atoms with Crippen LogP contribution in [0, 0.1) is 0 Å². The number of nitrogens with zero attached hydrogens (tertiary/aromatic N) is 1. The number of aromatic amines is 1. The number of aromatic nitrogens is 2. The third-order valence-electron chi connectivity index (χ3n) is 5.87. The van der Waals surface area contributed by atoms with Crippen LogP contribution in [0.2, 0.25) is 0 Å². The van der Waals surface area contributed by atoms with Crippen LogP contribution in [0.15, 0.2) is 23.0 Å². The maximum absolute atomic E-state index is 12.3. The molecule has 8 heteroatoms. The average molecular weight is 411 g/mol. The lowest BCUT2D eigenvalue weighted by molar-refractivity contribution is 0.0691. The summed E-state index contributed by atoms with van der Waals surface area (Å²) in [5.41, 5.74) is 2.04. The zero-order chi connectivity index (χ0) is 21.6. The van der Waals surface area contributed by atoms with E-state index in [1.54, 1.807) is 0 Å². The molecule has 1 aliphatic heterocycles. The Morgan fingerprint density at radius 2 is 2.13 bits per heavy atom. The molecular weight excluding hydrogens is 386 g/mol. The Hall–Kier alpha value is -3.26. The van der Waals surface area contributed by atoms with Gasteiger partial charge in [0.1, 0.15) is 11.5 Å². The van der Waals surface area contributed by atoms with Crippen LogP contribution < -0.4 is 15.6 Å². The van der Waals surface area contributed by atoms with Gasteiger partial charge in [0.15, 0.2) is 5.56 Å². The first-order chi connectivity index (χ1) is 14.3. The van der Waals surface area contributed by atoms with Crippen LogP contribution in [-0.2, 0) is 20.0 Å². The Bertz CT molecular complexity index is 1210. The van der Waals surface area contributed by atoms with Crippen molar-refractivity contribution in [3.05, 3.63) is 45.4 Å². The van der Waals surface area contributed by atoms with Crippen LogP contribution in [0.1, 0.15) is 41.9 Å². The highest BCUT2D eigenvalue weighted by Crippen LogP contribution is 2.40. The molecule has 1 aliphatic rings. The van der Waals surface area contributed by atoms with Crippen LogP contribution in [0.5, 0.6) is 11.5 Å². The number of fused-ring (bicyclic) bond motifs is 4. The van der Waals surface area contributed by atoms with Crippen molar-refractivity contribution in [2.24, 2.45) is 7.05 Å². The first-order valence-electron chi connectivity index (χ1n) is 10.0. The highest BCUT2D eigenvalue weighted by Gasteiger charge is 2.26. The molecule has 4 rings (SSSR count). The number of carboxylic acid groups (broad SMARTS) is 1. The second-order valence-corrected chi connectivity index (χ2v) is 7.73. The quantitative estimate of drug-likeness (QED) is 0.513. The Morgan fingerprint density at radius 3 is 2.83 bits per heavy atom. The van der Waals surface area contributed by atoms with Gasteiger partial charge in [-0.3, -0.25) is 4.79 Å². The van der Waals surface area contributed by atoms with Crippen molar-refractivity contribution >= 4 is 16.9 Å². The Balaban J connectivity index is 1.87. The summed E-state index contributed by atoms with van der Waals surface area (Å²) < 4.78 is 8.01. The van der Waals surface area contributed by atoms with Crippen molar-refractivity contribution in [2.45, 2.75) is 39.3 Å². The number of pyridine rings is 1. The Morgan fingerprint density at radius 1 is 1.37 bits per heavy atom. The number of aromatic hydroxyl groups is 1. The number of hydrogen-bond acceptors (Lipinski definition) is 5. The number of carbonyl (C=O) groups is 1. The number of benzene rings is 1. The van der Waals surface area contributed by atoms with E-state index in [1.807, 2.05) is 19.2 Å². The highest BCUT2D eigenvalue weighted by atomic mass is 16.5. The molecule has 4 N–H and O–H groups in total. The molecule has 1 aromatic carbocycles. The molecule has 30 heavy (non-hydrogen) atoms. The summed E-state index contributed by atoms with van der Waals surface area (Å²) in [6.07, 6.45) is 1.32. The van der Waals surface area contributed by atoms with Gasteiger partial charge in [0.25, 0.3) is 5.56 Å². The fourth-order valence-electron chi connectivity index (χ4n) is 3.89. The first kappa shape index (κ1) is 20.0. The molecule has 0 aliphatic carbocycles. The maximum Gasteiger partial charge on any atom is 0.345 e. The van der Waals surface area contributed by atoms with Gasteiger partial charge in [-0.1, -0.05) is 6.92 Å². The minimum Gasteiger partial charge on any atom is -0.506 e. The van der Waals surface area contributed by atoms with Crippen molar-refractivity contribution in [2.75, 3.05) is 6.61 Å². The molecule has 158 valence electrons. The van der Waals surface area contributed by atoms with Gasteiger partial charge in [-0.05, 0) is 25.5 Å². The summed E-state index contributed by atoms with van der Waals surface area (Å²) >= 11 is 0. The van der Waals surface area contributed by atoms with Crippen LogP contribution in [-0.4, -0.2) is 38.4 Å². The van der Waals surface area contributed by atoms with E-state index >= 15 is 0 Å². The third kappa shape index (κ3) is 3.23. The van der Waals surface area contributed by atoms with Crippen LogP contribution >= 0.6 is 0 Å². The summed E-state index contributed by atoms with van der Waals surface area (Å²) in [5.74, 6) is -1.37. The summed E-state index contributed by atoms with van der Waals surface area (Å²) in [7, 11) is 2.00. The molecule has 2 aromatic heterocycles. The number of aromatic carboxylic acids is 1. The standard InChI is InChI=1S/C22H25N3O5/c1-4-11(2)23-10-13-7-12-8-15-17(9-16(12)25(13)3)30-6-5-14-19(15)24-21(27)18(20(14)26)22(28)29/h7-9,11,23H,4-6,10H2,1-3H3,(H,28,29)(H2,24,26,27). The SMILES string of the molecule is CCC(C)NCc1cc2cc3c(cc2n1C)OCCc1c-3[nH]c(=O)c(C(=O)O)c1O. The van der Waals surface area contributed by atoms with Gasteiger partial charge in [0.2, 0.25) is 0 Å². The molecular formula is C22H25N3O5. The Labute approximate surface area is 173 Å². The molecule has 1 unspecified atom stereocenters. The minimum absolute atomic E-state index is 0.261. The molecule has 0 amide bonds. The van der Waals surface area contributed by atoms with Crippen molar-refractivity contribution in [3.8, 4) is 22.8 Å². The third-order valence-corrected chi connectivity index (χ3v) is 5.87. The zero-order valence-corrected chi connectivity index (χ0v) is 17.2. The number of hydrogen-bond donors (Lipinski definition) is 4. The monoisotopic (exact) mass is 411 g/mol. The van der Waals surface area contributed by atoms with E-state index in [1.165, 1.54) is 0 Å². The summed E-state index contributed by atoms with van der Waals surface area (Å²) in [4.78, 5) is 26.4. The lowest BCUT2D eigenvalue weighted by Crippen LogP contribution is -2.25. The largest absolute Gasteiger partial charge is 0.506 e. The van der Waals surface area contributed by atoms with E-state index in [9.17, 15) is 19.8 Å².